The average Bonchev–Trinajstić information content (AvgIpc) is 2.43. The van der Waals surface area contributed by atoms with Gasteiger partial charge in [0.25, 0.3) is 0 Å². The third kappa shape index (κ3) is 3.21. The van der Waals surface area contributed by atoms with Gasteiger partial charge in [-0.05, 0) is 49.6 Å². The lowest BCUT2D eigenvalue weighted by molar-refractivity contribution is 0.599. The van der Waals surface area contributed by atoms with Gasteiger partial charge in [-0.2, -0.15) is 0 Å². The van der Waals surface area contributed by atoms with Crippen molar-refractivity contribution in [2.75, 3.05) is 5.32 Å². The van der Waals surface area contributed by atoms with E-state index in [0.717, 1.165) is 16.6 Å². The van der Waals surface area contributed by atoms with E-state index in [-0.39, 0.29) is 11.9 Å². The molecule has 1 atom stereocenters. The molecule has 2 aromatic carbocycles. The van der Waals surface area contributed by atoms with Gasteiger partial charge in [-0.1, -0.05) is 41.1 Å². The van der Waals surface area contributed by atoms with Crippen LogP contribution in [0.4, 0.5) is 10.1 Å². The fourth-order valence-corrected chi connectivity index (χ4v) is 2.75. The molecule has 0 heterocycles. The lowest BCUT2D eigenvalue weighted by atomic mass is 10.0. The highest BCUT2D eigenvalue weighted by atomic mass is 79.9. The van der Waals surface area contributed by atoms with Crippen LogP contribution in [0.1, 0.15) is 36.6 Å². The van der Waals surface area contributed by atoms with E-state index in [4.69, 9.17) is 0 Å². The number of rotatable bonds is 4. The quantitative estimate of drug-likeness (QED) is 0.763. The molecule has 0 amide bonds. The summed E-state index contributed by atoms with van der Waals surface area (Å²) in [7, 11) is 0. The molecule has 2 aromatic rings. The van der Waals surface area contributed by atoms with E-state index in [2.05, 4.69) is 53.3 Å². The number of nitrogens with one attached hydrogen (secondary N) is 1. The van der Waals surface area contributed by atoms with Crippen molar-refractivity contribution in [3.05, 3.63) is 63.4 Å². The first-order valence-electron chi connectivity index (χ1n) is 6.83. The fraction of sp³-hybridized carbons (Fsp3) is 0.294. The number of anilines is 1. The van der Waals surface area contributed by atoms with Crippen LogP contribution in [0.25, 0.3) is 0 Å². The van der Waals surface area contributed by atoms with Crippen LogP contribution in [0.2, 0.25) is 0 Å². The van der Waals surface area contributed by atoms with Gasteiger partial charge in [-0.3, -0.25) is 0 Å². The van der Waals surface area contributed by atoms with Crippen molar-refractivity contribution in [2.24, 2.45) is 0 Å². The van der Waals surface area contributed by atoms with Crippen LogP contribution in [0.15, 0.2) is 40.9 Å². The van der Waals surface area contributed by atoms with Crippen LogP contribution in [-0.4, -0.2) is 0 Å². The Balaban J connectivity index is 2.32. The summed E-state index contributed by atoms with van der Waals surface area (Å²) in [5.41, 5.74) is 4.23. The molecule has 1 N–H and O–H groups in total. The van der Waals surface area contributed by atoms with Crippen molar-refractivity contribution >= 4 is 21.6 Å². The van der Waals surface area contributed by atoms with Gasteiger partial charge in [0.15, 0.2) is 0 Å². The smallest absolute Gasteiger partial charge is 0.128 e. The van der Waals surface area contributed by atoms with Gasteiger partial charge in [-0.25, -0.2) is 4.39 Å². The Morgan fingerprint density at radius 3 is 2.70 bits per heavy atom. The molecule has 1 nitrogen and oxygen atoms in total. The SMILES string of the molecule is CCc1cccc(C)c1NC(C)c1cc(Br)ccc1F. The minimum Gasteiger partial charge on any atom is -0.378 e. The van der Waals surface area contributed by atoms with Crippen molar-refractivity contribution < 1.29 is 4.39 Å². The van der Waals surface area contributed by atoms with E-state index in [1.54, 1.807) is 6.07 Å². The molecule has 3 heteroatoms. The molecule has 0 aliphatic heterocycles. The van der Waals surface area contributed by atoms with E-state index < -0.39 is 0 Å². The molecule has 106 valence electrons. The predicted octanol–water partition coefficient (Wildman–Crippen LogP) is 5.63. The normalized spacial score (nSPS) is 12.2. The third-order valence-electron chi connectivity index (χ3n) is 3.53. The zero-order chi connectivity index (χ0) is 14.7. The van der Waals surface area contributed by atoms with Crippen LogP contribution in [0.3, 0.4) is 0 Å². The van der Waals surface area contributed by atoms with Crippen LogP contribution in [0, 0.1) is 12.7 Å². The molecular weight excluding hydrogens is 317 g/mol. The zero-order valence-corrected chi connectivity index (χ0v) is 13.6. The summed E-state index contributed by atoms with van der Waals surface area (Å²) in [4.78, 5) is 0. The van der Waals surface area contributed by atoms with E-state index in [9.17, 15) is 4.39 Å². The molecule has 0 aliphatic carbocycles. The summed E-state index contributed by atoms with van der Waals surface area (Å²) in [6.45, 7) is 6.19. The van der Waals surface area contributed by atoms with E-state index in [1.807, 2.05) is 13.0 Å². The minimum atomic E-state index is -0.181. The lowest BCUT2D eigenvalue weighted by Gasteiger charge is -2.21. The average molecular weight is 336 g/mol. The van der Waals surface area contributed by atoms with Crippen LogP contribution in [-0.2, 0) is 6.42 Å². The molecule has 0 saturated carbocycles. The molecule has 0 saturated heterocycles. The Kier molecular flexibility index (Phi) is 4.81. The van der Waals surface area contributed by atoms with Gasteiger partial charge in [0.05, 0.1) is 6.04 Å². The largest absolute Gasteiger partial charge is 0.378 e. The predicted molar refractivity (Wildman–Crippen MR) is 86.7 cm³/mol. The number of hydrogen-bond donors (Lipinski definition) is 1. The monoisotopic (exact) mass is 335 g/mol. The maximum atomic E-state index is 13.9. The van der Waals surface area contributed by atoms with Crippen molar-refractivity contribution in [2.45, 2.75) is 33.2 Å². The Morgan fingerprint density at radius 1 is 1.25 bits per heavy atom. The molecular formula is C17H19BrFN. The van der Waals surface area contributed by atoms with E-state index in [1.165, 1.54) is 17.2 Å². The first-order valence-corrected chi connectivity index (χ1v) is 7.62. The summed E-state index contributed by atoms with van der Waals surface area (Å²) < 4.78 is 14.8. The van der Waals surface area contributed by atoms with Crippen molar-refractivity contribution in [3.63, 3.8) is 0 Å². The van der Waals surface area contributed by atoms with Gasteiger partial charge in [-0.15, -0.1) is 0 Å². The molecule has 0 spiro atoms. The highest BCUT2D eigenvalue weighted by Gasteiger charge is 2.13. The van der Waals surface area contributed by atoms with Crippen LogP contribution in [0.5, 0.6) is 0 Å². The van der Waals surface area contributed by atoms with Crippen molar-refractivity contribution in [1.29, 1.82) is 0 Å². The maximum Gasteiger partial charge on any atom is 0.128 e. The van der Waals surface area contributed by atoms with Gasteiger partial charge >= 0.3 is 0 Å². The highest BCUT2D eigenvalue weighted by molar-refractivity contribution is 9.10. The first-order chi connectivity index (χ1) is 9.52. The van der Waals surface area contributed by atoms with Gasteiger partial charge in [0.1, 0.15) is 5.82 Å². The second kappa shape index (κ2) is 6.40. The maximum absolute atomic E-state index is 13.9. The molecule has 0 aromatic heterocycles. The second-order valence-corrected chi connectivity index (χ2v) is 5.91. The zero-order valence-electron chi connectivity index (χ0n) is 12.0. The number of aryl methyl sites for hydroxylation is 2. The summed E-state index contributed by atoms with van der Waals surface area (Å²) in [5.74, 6) is -0.181. The molecule has 20 heavy (non-hydrogen) atoms. The van der Waals surface area contributed by atoms with E-state index in [0.29, 0.717) is 5.56 Å². The van der Waals surface area contributed by atoms with Crippen LogP contribution < -0.4 is 5.32 Å². The summed E-state index contributed by atoms with van der Waals surface area (Å²) in [6.07, 6.45) is 0.956. The summed E-state index contributed by atoms with van der Waals surface area (Å²) in [6, 6.07) is 11.2. The second-order valence-electron chi connectivity index (χ2n) is 4.99. The summed E-state index contributed by atoms with van der Waals surface area (Å²) in [5, 5.41) is 3.45. The van der Waals surface area contributed by atoms with Gasteiger partial charge in [0, 0.05) is 15.7 Å². The van der Waals surface area contributed by atoms with Gasteiger partial charge in [0.2, 0.25) is 0 Å². The molecule has 0 fully saturated rings. The number of benzene rings is 2. The molecule has 0 aliphatic rings. The topological polar surface area (TPSA) is 12.0 Å². The Morgan fingerprint density at radius 2 is 2.00 bits per heavy atom. The standard InChI is InChI=1S/C17H19BrFN/c1-4-13-7-5-6-11(2)17(13)20-12(3)15-10-14(18)8-9-16(15)19/h5-10,12,20H,4H2,1-3H3. The third-order valence-corrected chi connectivity index (χ3v) is 4.02. The first kappa shape index (κ1) is 15.0. The minimum absolute atomic E-state index is 0.0844. The molecule has 0 bridgehead atoms. The highest BCUT2D eigenvalue weighted by Crippen LogP contribution is 2.28. The van der Waals surface area contributed by atoms with Crippen LogP contribution >= 0.6 is 15.9 Å². The molecule has 0 radical (unpaired) electrons. The Labute approximate surface area is 128 Å². The number of hydrogen-bond acceptors (Lipinski definition) is 1. The number of halogens is 2. The molecule has 1 unspecified atom stereocenters. The summed E-state index contributed by atoms with van der Waals surface area (Å²) >= 11 is 3.40. The Hall–Kier alpha value is -1.35. The van der Waals surface area contributed by atoms with Crippen molar-refractivity contribution in [1.82, 2.24) is 0 Å². The van der Waals surface area contributed by atoms with Crippen molar-refractivity contribution in [3.8, 4) is 0 Å². The van der Waals surface area contributed by atoms with Gasteiger partial charge < -0.3 is 5.32 Å². The van der Waals surface area contributed by atoms with E-state index >= 15 is 0 Å². The fourth-order valence-electron chi connectivity index (χ4n) is 2.37. The number of para-hydroxylation sites is 1. The molecule has 2 rings (SSSR count). The lowest BCUT2D eigenvalue weighted by Crippen LogP contribution is -2.11. The Bertz CT molecular complexity index is 610.